The summed E-state index contributed by atoms with van der Waals surface area (Å²) in [5, 5.41) is 3.27. The monoisotopic (exact) mass is 246 g/mol. The predicted molar refractivity (Wildman–Crippen MR) is 69.1 cm³/mol. The van der Waals surface area contributed by atoms with Crippen LogP contribution in [0.25, 0.3) is 0 Å². The summed E-state index contributed by atoms with van der Waals surface area (Å²) in [6.07, 6.45) is 7.52. The lowest BCUT2D eigenvalue weighted by Crippen LogP contribution is -2.18. The normalized spacial score (nSPS) is 10.7. The number of hydrogen-bond acceptors (Lipinski definition) is 4. The molecule has 0 atom stereocenters. The van der Waals surface area contributed by atoms with Crippen molar-refractivity contribution in [3.8, 4) is 0 Å². The zero-order valence-corrected chi connectivity index (χ0v) is 10.5. The van der Waals surface area contributed by atoms with Crippen LogP contribution in [0.15, 0.2) is 37.1 Å². The van der Waals surface area contributed by atoms with Gasteiger partial charge in [-0.25, -0.2) is 4.98 Å². The number of pyridine rings is 1. The van der Waals surface area contributed by atoms with E-state index in [9.17, 15) is 0 Å². The second-order valence-corrected chi connectivity index (χ2v) is 4.06. The second-order valence-electron chi connectivity index (χ2n) is 4.06. The van der Waals surface area contributed by atoms with Gasteiger partial charge in [-0.15, -0.1) is 0 Å². The van der Waals surface area contributed by atoms with Crippen LogP contribution in [0.5, 0.6) is 0 Å². The first kappa shape index (κ1) is 12.7. The molecule has 5 nitrogen and oxygen atoms in total. The van der Waals surface area contributed by atoms with Crippen molar-refractivity contribution in [1.29, 1.82) is 0 Å². The number of aromatic nitrogens is 3. The molecule has 0 amide bonds. The molecule has 0 unspecified atom stereocenters. The first-order valence-electron chi connectivity index (χ1n) is 5.97. The third kappa shape index (κ3) is 3.94. The maximum Gasteiger partial charge on any atom is 0.0953 e. The zero-order chi connectivity index (χ0) is 12.6. The summed E-state index contributed by atoms with van der Waals surface area (Å²) >= 11 is 0. The first-order chi connectivity index (χ1) is 8.88. The van der Waals surface area contributed by atoms with Crippen molar-refractivity contribution in [3.63, 3.8) is 0 Å². The van der Waals surface area contributed by atoms with E-state index in [4.69, 9.17) is 4.74 Å². The van der Waals surface area contributed by atoms with Crippen molar-refractivity contribution in [2.24, 2.45) is 0 Å². The van der Waals surface area contributed by atoms with Crippen LogP contribution in [0.3, 0.4) is 0 Å². The number of nitrogens with one attached hydrogen (secondary N) is 1. The Hall–Kier alpha value is -1.72. The molecule has 0 saturated heterocycles. The van der Waals surface area contributed by atoms with E-state index in [-0.39, 0.29) is 0 Å². The van der Waals surface area contributed by atoms with Gasteiger partial charge in [-0.2, -0.15) is 0 Å². The Balaban J connectivity index is 1.83. The average Bonchev–Trinajstić information content (AvgIpc) is 2.84. The Bertz CT molecular complexity index is 455. The van der Waals surface area contributed by atoms with E-state index in [1.54, 1.807) is 19.5 Å². The van der Waals surface area contributed by atoms with E-state index in [1.807, 2.05) is 18.5 Å². The second kappa shape index (κ2) is 6.88. The standard InChI is InChI=1S/C13H18N4O/c1-18-7-6-15-8-13-10-17(11-16-13)9-12-2-4-14-5-3-12/h2-5,10-11,15H,6-9H2,1H3. The van der Waals surface area contributed by atoms with Crippen LogP contribution < -0.4 is 5.32 Å². The minimum Gasteiger partial charge on any atom is -0.383 e. The van der Waals surface area contributed by atoms with Gasteiger partial charge < -0.3 is 14.6 Å². The maximum absolute atomic E-state index is 4.97. The number of methoxy groups -OCH3 is 1. The lowest BCUT2D eigenvalue weighted by Gasteiger charge is -2.02. The fraction of sp³-hybridized carbons (Fsp3) is 0.385. The van der Waals surface area contributed by atoms with Gasteiger partial charge in [0.05, 0.1) is 18.6 Å². The smallest absolute Gasteiger partial charge is 0.0953 e. The first-order valence-corrected chi connectivity index (χ1v) is 5.97. The van der Waals surface area contributed by atoms with Gasteiger partial charge in [0.2, 0.25) is 0 Å². The summed E-state index contributed by atoms with van der Waals surface area (Å²) in [5.74, 6) is 0. The summed E-state index contributed by atoms with van der Waals surface area (Å²) in [4.78, 5) is 8.36. The molecule has 0 spiro atoms. The minimum atomic E-state index is 0.720. The number of nitrogens with zero attached hydrogens (tertiary/aromatic N) is 3. The van der Waals surface area contributed by atoms with Gasteiger partial charge in [-0.1, -0.05) is 0 Å². The third-order valence-corrected chi connectivity index (χ3v) is 2.59. The van der Waals surface area contributed by atoms with Gasteiger partial charge in [-0.3, -0.25) is 4.98 Å². The summed E-state index contributed by atoms with van der Waals surface area (Å²) in [5.41, 5.74) is 2.27. The van der Waals surface area contributed by atoms with Gasteiger partial charge in [-0.05, 0) is 17.7 Å². The highest BCUT2D eigenvalue weighted by molar-refractivity contribution is 5.11. The molecule has 2 rings (SSSR count). The van der Waals surface area contributed by atoms with Gasteiger partial charge >= 0.3 is 0 Å². The quantitative estimate of drug-likeness (QED) is 0.742. The van der Waals surface area contributed by atoms with Crippen LogP contribution in [0.1, 0.15) is 11.3 Å². The van der Waals surface area contributed by atoms with Crippen molar-refractivity contribution in [3.05, 3.63) is 48.3 Å². The number of imidazole rings is 1. The highest BCUT2D eigenvalue weighted by atomic mass is 16.5. The molecule has 0 aromatic carbocycles. The summed E-state index contributed by atoms with van der Waals surface area (Å²) in [6, 6.07) is 4.02. The molecule has 1 N–H and O–H groups in total. The SMILES string of the molecule is COCCNCc1cn(Cc2ccncc2)cn1. The van der Waals surface area contributed by atoms with E-state index < -0.39 is 0 Å². The number of ether oxygens (including phenoxy) is 1. The summed E-state index contributed by atoms with van der Waals surface area (Å²) in [7, 11) is 1.70. The van der Waals surface area contributed by atoms with Gasteiger partial charge in [0.1, 0.15) is 0 Å². The van der Waals surface area contributed by atoms with Crippen molar-refractivity contribution >= 4 is 0 Å². The molecule has 0 aliphatic rings. The van der Waals surface area contributed by atoms with Crippen molar-refractivity contribution in [2.75, 3.05) is 20.3 Å². The Kier molecular flexibility index (Phi) is 4.87. The lowest BCUT2D eigenvalue weighted by atomic mass is 10.3. The molecule has 2 aromatic heterocycles. The van der Waals surface area contributed by atoms with Crippen molar-refractivity contribution in [1.82, 2.24) is 19.9 Å². The zero-order valence-electron chi connectivity index (χ0n) is 10.5. The molecule has 2 heterocycles. The number of rotatable bonds is 7. The molecule has 5 heteroatoms. The molecule has 0 aliphatic carbocycles. The van der Waals surface area contributed by atoms with Crippen molar-refractivity contribution in [2.45, 2.75) is 13.1 Å². The van der Waals surface area contributed by atoms with Crippen molar-refractivity contribution < 1.29 is 4.74 Å². The number of hydrogen-bond donors (Lipinski definition) is 1. The molecule has 0 radical (unpaired) electrons. The Morgan fingerprint density at radius 3 is 2.94 bits per heavy atom. The Labute approximate surface area is 107 Å². The van der Waals surface area contributed by atoms with Gasteiger partial charge in [0.25, 0.3) is 0 Å². The molecular weight excluding hydrogens is 228 g/mol. The van der Waals surface area contributed by atoms with Crippen LogP contribution in [-0.2, 0) is 17.8 Å². The largest absolute Gasteiger partial charge is 0.383 e. The summed E-state index contributed by atoms with van der Waals surface area (Å²) < 4.78 is 7.04. The van der Waals surface area contributed by atoms with E-state index in [2.05, 4.69) is 26.0 Å². The molecule has 96 valence electrons. The molecule has 0 fully saturated rings. The molecule has 0 bridgehead atoms. The fourth-order valence-corrected chi connectivity index (χ4v) is 1.67. The highest BCUT2D eigenvalue weighted by Crippen LogP contribution is 2.02. The average molecular weight is 246 g/mol. The predicted octanol–water partition coefficient (Wildman–Crippen LogP) is 1.06. The van der Waals surface area contributed by atoms with E-state index in [1.165, 1.54) is 5.56 Å². The molecular formula is C13H18N4O. The van der Waals surface area contributed by atoms with E-state index in [0.717, 1.165) is 31.9 Å². The van der Waals surface area contributed by atoms with Crippen LogP contribution in [0.4, 0.5) is 0 Å². The fourth-order valence-electron chi connectivity index (χ4n) is 1.67. The van der Waals surface area contributed by atoms with E-state index in [0.29, 0.717) is 0 Å². The van der Waals surface area contributed by atoms with E-state index >= 15 is 0 Å². The summed E-state index contributed by atoms with van der Waals surface area (Å²) in [6.45, 7) is 3.16. The third-order valence-electron chi connectivity index (χ3n) is 2.59. The van der Waals surface area contributed by atoms with Crippen LogP contribution in [0.2, 0.25) is 0 Å². The molecule has 0 saturated carbocycles. The van der Waals surface area contributed by atoms with Crippen LogP contribution in [-0.4, -0.2) is 34.8 Å². The maximum atomic E-state index is 4.97. The highest BCUT2D eigenvalue weighted by Gasteiger charge is 1.99. The van der Waals surface area contributed by atoms with Gasteiger partial charge in [0, 0.05) is 45.3 Å². The molecule has 18 heavy (non-hydrogen) atoms. The minimum absolute atomic E-state index is 0.720. The Morgan fingerprint density at radius 2 is 2.17 bits per heavy atom. The molecule has 2 aromatic rings. The Morgan fingerprint density at radius 1 is 1.33 bits per heavy atom. The topological polar surface area (TPSA) is 52.0 Å². The molecule has 0 aliphatic heterocycles. The van der Waals surface area contributed by atoms with Crippen LogP contribution in [0, 0.1) is 0 Å². The van der Waals surface area contributed by atoms with Gasteiger partial charge in [0.15, 0.2) is 0 Å². The lowest BCUT2D eigenvalue weighted by molar-refractivity contribution is 0.199. The van der Waals surface area contributed by atoms with Crippen LogP contribution >= 0.6 is 0 Å².